The van der Waals surface area contributed by atoms with Gasteiger partial charge in [0.25, 0.3) is 0 Å². The zero-order valence-corrected chi connectivity index (χ0v) is 10.4. The summed E-state index contributed by atoms with van der Waals surface area (Å²) in [5, 5.41) is 45.4. The maximum atomic E-state index is 11.7. The second-order valence-corrected chi connectivity index (χ2v) is 4.18. The second kappa shape index (κ2) is 7.06. The molecule has 0 saturated carbocycles. The summed E-state index contributed by atoms with van der Waals surface area (Å²) in [4.78, 5) is 26.0. The van der Waals surface area contributed by atoms with E-state index in [1.54, 1.807) is 0 Å². The van der Waals surface area contributed by atoms with E-state index in [2.05, 4.69) is 4.98 Å². The highest BCUT2D eigenvalue weighted by Crippen LogP contribution is 2.08. The maximum Gasteiger partial charge on any atom is 0.354 e. The molecule has 1 aromatic rings. The lowest BCUT2D eigenvalue weighted by molar-refractivity contribution is -0.139. The van der Waals surface area contributed by atoms with Gasteiger partial charge in [0, 0.05) is 12.6 Å². The number of hydrogen-bond acceptors (Lipinski definition) is 7. The molecule has 0 aliphatic rings. The molecule has 110 valence electrons. The summed E-state index contributed by atoms with van der Waals surface area (Å²) in [6.07, 6.45) is -4.45. The summed E-state index contributed by atoms with van der Waals surface area (Å²) in [5.74, 6) is -2.07. The molecule has 1 aromatic heterocycles. The van der Waals surface area contributed by atoms with Crippen molar-refractivity contribution in [3.05, 3.63) is 29.6 Å². The Morgan fingerprint density at radius 1 is 1.25 bits per heavy atom. The van der Waals surface area contributed by atoms with Gasteiger partial charge in [-0.3, -0.25) is 4.79 Å². The number of ketones is 1. The number of rotatable bonds is 7. The van der Waals surface area contributed by atoms with E-state index >= 15 is 0 Å². The average Bonchev–Trinajstić information content (AvgIpc) is 2.44. The number of nitrogens with zero attached hydrogens (tertiary/aromatic N) is 1. The van der Waals surface area contributed by atoms with E-state index in [4.69, 9.17) is 15.3 Å². The first-order valence-corrected chi connectivity index (χ1v) is 5.72. The Labute approximate surface area is 113 Å². The number of aliphatic hydroxyl groups excluding tert-OH is 4. The van der Waals surface area contributed by atoms with Crippen LogP contribution in [0.1, 0.15) is 16.1 Å². The molecular weight excluding hydrogens is 270 g/mol. The van der Waals surface area contributed by atoms with Crippen molar-refractivity contribution < 1.29 is 35.1 Å². The Bertz CT molecular complexity index is 490. The van der Waals surface area contributed by atoms with Gasteiger partial charge in [-0.05, 0) is 17.7 Å². The number of hydrogen-bond donors (Lipinski definition) is 5. The summed E-state index contributed by atoms with van der Waals surface area (Å²) in [7, 11) is 0. The molecule has 0 saturated heterocycles. The summed E-state index contributed by atoms with van der Waals surface area (Å²) >= 11 is 0. The Kier molecular flexibility index (Phi) is 5.71. The number of carboxylic acids is 1. The van der Waals surface area contributed by atoms with Crippen molar-refractivity contribution in [2.75, 3.05) is 6.61 Å². The average molecular weight is 285 g/mol. The smallest absolute Gasteiger partial charge is 0.354 e. The number of carbonyl (C=O) groups excluding carboxylic acids is 1. The topological polar surface area (TPSA) is 148 Å². The highest BCUT2D eigenvalue weighted by atomic mass is 16.4. The number of carbonyl (C=O) groups is 2. The van der Waals surface area contributed by atoms with Crippen molar-refractivity contribution in [3.8, 4) is 0 Å². The van der Waals surface area contributed by atoms with E-state index in [1.807, 2.05) is 0 Å². The molecule has 20 heavy (non-hydrogen) atoms. The minimum atomic E-state index is -1.88. The Morgan fingerprint density at radius 2 is 1.90 bits per heavy atom. The van der Waals surface area contributed by atoms with E-state index in [0.717, 1.165) is 0 Å². The van der Waals surface area contributed by atoms with Crippen LogP contribution in [0.3, 0.4) is 0 Å². The Balaban J connectivity index is 2.75. The van der Waals surface area contributed by atoms with Crippen LogP contribution >= 0.6 is 0 Å². The maximum absolute atomic E-state index is 11.7. The fourth-order valence-corrected chi connectivity index (χ4v) is 1.52. The van der Waals surface area contributed by atoms with Gasteiger partial charge >= 0.3 is 5.97 Å². The lowest BCUT2D eigenvalue weighted by atomic mass is 9.99. The minimum absolute atomic E-state index is 0.249. The van der Waals surface area contributed by atoms with Crippen LogP contribution in [-0.4, -0.2) is 67.2 Å². The molecule has 0 radical (unpaired) electrons. The molecule has 5 N–H and O–H groups in total. The number of aromatic carboxylic acids is 1. The Morgan fingerprint density at radius 3 is 2.45 bits per heavy atom. The van der Waals surface area contributed by atoms with Gasteiger partial charge < -0.3 is 25.5 Å². The van der Waals surface area contributed by atoms with Crippen LogP contribution in [-0.2, 0) is 11.2 Å². The zero-order valence-electron chi connectivity index (χ0n) is 10.4. The molecule has 0 aliphatic heterocycles. The highest BCUT2D eigenvalue weighted by Gasteiger charge is 2.29. The van der Waals surface area contributed by atoms with Crippen LogP contribution in [0.5, 0.6) is 0 Å². The van der Waals surface area contributed by atoms with Gasteiger partial charge in [0.1, 0.15) is 24.0 Å². The number of Topliss-reactive ketones (excluding diaryl/α,β-unsaturated/α-hetero) is 1. The van der Waals surface area contributed by atoms with Gasteiger partial charge in [0.05, 0.1) is 6.61 Å². The van der Waals surface area contributed by atoms with Crippen LogP contribution in [0.25, 0.3) is 0 Å². The molecule has 8 heteroatoms. The predicted octanol–water partition coefficient (Wildman–Crippen LogP) is -2.03. The molecule has 0 unspecified atom stereocenters. The molecule has 0 bridgehead atoms. The summed E-state index contributed by atoms with van der Waals surface area (Å²) in [5.41, 5.74) is 0.0490. The van der Waals surface area contributed by atoms with Crippen LogP contribution in [0.4, 0.5) is 0 Å². The molecule has 0 amide bonds. The van der Waals surface area contributed by atoms with E-state index in [0.29, 0.717) is 5.56 Å². The largest absolute Gasteiger partial charge is 0.477 e. The highest BCUT2D eigenvalue weighted by molar-refractivity contribution is 5.88. The van der Waals surface area contributed by atoms with Crippen molar-refractivity contribution in [1.29, 1.82) is 0 Å². The van der Waals surface area contributed by atoms with Gasteiger partial charge in [0.2, 0.25) is 0 Å². The van der Waals surface area contributed by atoms with Crippen molar-refractivity contribution in [2.45, 2.75) is 24.7 Å². The van der Waals surface area contributed by atoms with Crippen LogP contribution in [0.15, 0.2) is 18.3 Å². The van der Waals surface area contributed by atoms with Crippen molar-refractivity contribution >= 4 is 11.8 Å². The van der Waals surface area contributed by atoms with Crippen LogP contribution in [0, 0.1) is 0 Å². The molecule has 0 aromatic carbocycles. The first-order chi connectivity index (χ1) is 9.36. The summed E-state index contributed by atoms with van der Waals surface area (Å²) < 4.78 is 0. The number of carboxylic acid groups (broad SMARTS) is 1. The first kappa shape index (κ1) is 16.2. The third kappa shape index (κ3) is 4.07. The monoisotopic (exact) mass is 285 g/mol. The van der Waals surface area contributed by atoms with Crippen molar-refractivity contribution in [1.82, 2.24) is 4.98 Å². The van der Waals surface area contributed by atoms with Gasteiger partial charge in [0.15, 0.2) is 5.78 Å². The summed E-state index contributed by atoms with van der Waals surface area (Å²) in [6, 6.07) is 2.56. The van der Waals surface area contributed by atoms with Gasteiger partial charge in [-0.2, -0.15) is 0 Å². The number of aromatic nitrogens is 1. The lowest BCUT2D eigenvalue weighted by Gasteiger charge is -2.20. The summed E-state index contributed by atoms with van der Waals surface area (Å²) in [6.45, 7) is -0.802. The fourth-order valence-electron chi connectivity index (χ4n) is 1.52. The predicted molar refractivity (Wildman–Crippen MR) is 65.0 cm³/mol. The van der Waals surface area contributed by atoms with E-state index < -0.39 is 36.7 Å². The van der Waals surface area contributed by atoms with Gasteiger partial charge in [-0.15, -0.1) is 0 Å². The standard InChI is InChI=1S/C12H15NO7/c14-5-9(16)11(18)10(17)8(15)4-6-1-2-13-7(3-6)12(19)20/h1-3,9-11,14,16-18H,4-5H2,(H,19,20)/t9-,10-,11-/m1/s1. The fraction of sp³-hybridized carbons (Fsp3) is 0.417. The molecule has 8 nitrogen and oxygen atoms in total. The third-order valence-electron chi connectivity index (χ3n) is 2.66. The molecule has 3 atom stereocenters. The molecule has 0 fully saturated rings. The number of pyridine rings is 1. The van der Waals surface area contributed by atoms with Gasteiger partial charge in [-0.1, -0.05) is 0 Å². The normalized spacial score (nSPS) is 15.4. The first-order valence-electron chi connectivity index (χ1n) is 5.72. The van der Waals surface area contributed by atoms with E-state index in [9.17, 15) is 19.8 Å². The Hall–Kier alpha value is -1.87. The molecular formula is C12H15NO7. The minimum Gasteiger partial charge on any atom is -0.477 e. The molecule has 0 spiro atoms. The van der Waals surface area contributed by atoms with Gasteiger partial charge in [-0.25, -0.2) is 9.78 Å². The van der Waals surface area contributed by atoms with E-state index in [1.165, 1.54) is 18.3 Å². The van der Waals surface area contributed by atoms with Crippen LogP contribution in [0.2, 0.25) is 0 Å². The molecule has 1 rings (SSSR count). The molecule has 1 heterocycles. The zero-order chi connectivity index (χ0) is 15.3. The van der Waals surface area contributed by atoms with Crippen LogP contribution < -0.4 is 0 Å². The quantitative estimate of drug-likeness (QED) is 0.385. The third-order valence-corrected chi connectivity index (χ3v) is 2.66. The SMILES string of the molecule is O=C(O)c1cc(CC(=O)[C@@H](O)[C@H](O)[C@H](O)CO)ccn1. The molecule has 0 aliphatic carbocycles. The second-order valence-electron chi connectivity index (χ2n) is 4.18. The number of aliphatic hydroxyl groups is 4. The van der Waals surface area contributed by atoms with E-state index in [-0.39, 0.29) is 12.1 Å². The lowest BCUT2D eigenvalue weighted by Crippen LogP contribution is -2.44. The van der Waals surface area contributed by atoms with Crippen molar-refractivity contribution in [3.63, 3.8) is 0 Å². The van der Waals surface area contributed by atoms with Crippen molar-refractivity contribution in [2.24, 2.45) is 0 Å².